The number of aldehydes is 1. The van der Waals surface area contributed by atoms with Crippen molar-refractivity contribution in [2.24, 2.45) is 0 Å². The minimum atomic E-state index is -4.84. The molecule has 0 saturated carbocycles. The summed E-state index contributed by atoms with van der Waals surface area (Å²) in [4.78, 5) is 13.3. The van der Waals surface area contributed by atoms with E-state index >= 15 is 0 Å². The first kappa shape index (κ1) is 11.5. The monoisotopic (exact) mass is 225 g/mol. The van der Waals surface area contributed by atoms with Gasteiger partial charge in [-0.15, -0.1) is 0 Å². The number of alkyl halides is 5. The third-order valence-electron chi connectivity index (χ3n) is 1.61. The molecule has 7 heteroatoms. The summed E-state index contributed by atoms with van der Waals surface area (Å²) < 4.78 is 60.8. The Morgan fingerprint density at radius 1 is 1.33 bits per heavy atom. The number of rotatable bonds is 2. The van der Waals surface area contributed by atoms with E-state index in [0.717, 1.165) is 0 Å². The van der Waals surface area contributed by atoms with Crippen molar-refractivity contribution < 1.29 is 26.7 Å². The summed E-state index contributed by atoms with van der Waals surface area (Å²) in [5.74, 6) is 0. The lowest BCUT2D eigenvalue weighted by Gasteiger charge is -2.10. The van der Waals surface area contributed by atoms with Crippen molar-refractivity contribution in [3.63, 3.8) is 0 Å². The minimum Gasteiger partial charge on any atom is -0.298 e. The Labute approximate surface area is 80.7 Å². The second-order valence-corrected chi connectivity index (χ2v) is 2.61. The highest BCUT2D eigenvalue weighted by Crippen LogP contribution is 2.32. The Morgan fingerprint density at radius 2 is 1.93 bits per heavy atom. The van der Waals surface area contributed by atoms with Crippen LogP contribution in [0.15, 0.2) is 12.3 Å². The highest BCUT2D eigenvalue weighted by atomic mass is 19.4. The Hall–Kier alpha value is -1.53. The van der Waals surface area contributed by atoms with Crippen LogP contribution in [0.1, 0.15) is 28.0 Å². The first-order chi connectivity index (χ1) is 6.86. The molecule has 0 fully saturated rings. The van der Waals surface area contributed by atoms with E-state index in [9.17, 15) is 26.7 Å². The number of hydrogen-bond acceptors (Lipinski definition) is 2. The van der Waals surface area contributed by atoms with E-state index in [4.69, 9.17) is 0 Å². The van der Waals surface area contributed by atoms with Gasteiger partial charge in [0.1, 0.15) is 5.69 Å². The van der Waals surface area contributed by atoms with Crippen molar-refractivity contribution in [1.82, 2.24) is 4.98 Å². The van der Waals surface area contributed by atoms with E-state index in [2.05, 4.69) is 4.98 Å². The summed E-state index contributed by atoms with van der Waals surface area (Å²) in [5.41, 5.74) is -3.16. The van der Waals surface area contributed by atoms with Crippen molar-refractivity contribution >= 4 is 6.29 Å². The molecule has 0 N–H and O–H groups in total. The van der Waals surface area contributed by atoms with Crippen LogP contribution in [0.5, 0.6) is 0 Å². The molecule has 0 aliphatic heterocycles. The maximum Gasteiger partial charge on any atom is 0.417 e. The molecule has 0 aliphatic rings. The smallest absolute Gasteiger partial charge is 0.298 e. The highest BCUT2D eigenvalue weighted by Gasteiger charge is 2.34. The van der Waals surface area contributed by atoms with Gasteiger partial charge in [0, 0.05) is 11.8 Å². The molecule has 0 unspecified atom stereocenters. The van der Waals surface area contributed by atoms with Crippen LogP contribution in [-0.4, -0.2) is 11.3 Å². The highest BCUT2D eigenvalue weighted by molar-refractivity contribution is 5.77. The summed E-state index contributed by atoms with van der Waals surface area (Å²) in [6.45, 7) is 0. The number of halogens is 5. The third kappa shape index (κ3) is 2.48. The van der Waals surface area contributed by atoms with Crippen molar-refractivity contribution in [3.8, 4) is 0 Å². The standard InChI is InChI=1S/C8H4F5NO/c9-7(10)6-1-5(8(11,12)13)4(3-15)2-14-6/h1-3,7H. The molecule has 0 amide bonds. The maximum atomic E-state index is 12.2. The summed E-state index contributed by atoms with van der Waals surface area (Å²) in [6.07, 6.45) is -7.54. The molecule has 1 heterocycles. The largest absolute Gasteiger partial charge is 0.417 e. The zero-order chi connectivity index (χ0) is 11.6. The van der Waals surface area contributed by atoms with Gasteiger partial charge in [-0.1, -0.05) is 0 Å². The summed E-state index contributed by atoms with van der Waals surface area (Å²) in [6, 6.07) is 0.175. The van der Waals surface area contributed by atoms with E-state index < -0.39 is 29.4 Å². The molecule has 1 aromatic heterocycles. The molecule has 0 aromatic carbocycles. The second kappa shape index (κ2) is 3.92. The van der Waals surface area contributed by atoms with Crippen molar-refractivity contribution in [3.05, 3.63) is 29.1 Å². The van der Waals surface area contributed by atoms with Crippen LogP contribution in [0.3, 0.4) is 0 Å². The lowest BCUT2D eigenvalue weighted by molar-refractivity contribution is -0.138. The molecule has 0 bridgehead atoms. The fourth-order valence-electron chi connectivity index (χ4n) is 0.941. The zero-order valence-corrected chi connectivity index (χ0v) is 7.05. The van der Waals surface area contributed by atoms with Gasteiger partial charge in [0.05, 0.1) is 5.56 Å². The lowest BCUT2D eigenvalue weighted by Crippen LogP contribution is -2.10. The molecule has 2 nitrogen and oxygen atoms in total. The number of aromatic nitrogens is 1. The van der Waals surface area contributed by atoms with Crippen LogP contribution in [0, 0.1) is 0 Å². The third-order valence-corrected chi connectivity index (χ3v) is 1.61. The van der Waals surface area contributed by atoms with Crippen molar-refractivity contribution in [2.75, 3.05) is 0 Å². The molecule has 82 valence electrons. The van der Waals surface area contributed by atoms with E-state index in [1.54, 1.807) is 0 Å². The van der Waals surface area contributed by atoms with E-state index in [0.29, 0.717) is 6.20 Å². The molecular weight excluding hydrogens is 221 g/mol. The molecule has 0 spiro atoms. The predicted molar refractivity (Wildman–Crippen MR) is 39.6 cm³/mol. The van der Waals surface area contributed by atoms with Gasteiger partial charge in [-0.2, -0.15) is 13.2 Å². The number of hydrogen-bond donors (Lipinski definition) is 0. The second-order valence-electron chi connectivity index (χ2n) is 2.61. The number of carbonyl (C=O) groups excluding carboxylic acids is 1. The SMILES string of the molecule is O=Cc1cnc(C(F)F)cc1C(F)(F)F. The predicted octanol–water partition coefficient (Wildman–Crippen LogP) is 2.85. The minimum absolute atomic E-state index is 0.0783. The van der Waals surface area contributed by atoms with E-state index in [1.807, 2.05) is 0 Å². The molecule has 1 rings (SSSR count). The number of nitrogens with zero attached hydrogens (tertiary/aromatic N) is 1. The lowest BCUT2D eigenvalue weighted by atomic mass is 10.1. The zero-order valence-electron chi connectivity index (χ0n) is 7.05. The number of pyridine rings is 1. The van der Waals surface area contributed by atoms with Crippen molar-refractivity contribution in [1.29, 1.82) is 0 Å². The quantitative estimate of drug-likeness (QED) is 0.572. The summed E-state index contributed by atoms with van der Waals surface area (Å²) >= 11 is 0. The molecule has 0 atom stereocenters. The first-order valence-corrected chi connectivity index (χ1v) is 3.66. The Kier molecular flexibility index (Phi) is 3.01. The first-order valence-electron chi connectivity index (χ1n) is 3.66. The van der Waals surface area contributed by atoms with Crippen LogP contribution in [0.25, 0.3) is 0 Å². The van der Waals surface area contributed by atoms with Gasteiger partial charge < -0.3 is 0 Å². The molecule has 0 radical (unpaired) electrons. The van der Waals surface area contributed by atoms with Crippen LogP contribution >= 0.6 is 0 Å². The average molecular weight is 225 g/mol. The van der Waals surface area contributed by atoms with Crippen LogP contribution in [-0.2, 0) is 6.18 Å². The molecule has 0 aliphatic carbocycles. The number of carbonyl (C=O) groups is 1. The molecular formula is C8H4F5NO. The molecule has 1 aromatic rings. The summed E-state index contributed by atoms with van der Waals surface area (Å²) in [7, 11) is 0. The Balaban J connectivity index is 3.32. The molecule has 0 saturated heterocycles. The van der Waals surface area contributed by atoms with Crippen LogP contribution < -0.4 is 0 Å². The van der Waals surface area contributed by atoms with Gasteiger partial charge in [0.2, 0.25) is 0 Å². The topological polar surface area (TPSA) is 30.0 Å². The van der Waals surface area contributed by atoms with Gasteiger partial charge >= 0.3 is 6.18 Å². The maximum absolute atomic E-state index is 12.2. The van der Waals surface area contributed by atoms with Gasteiger partial charge in [-0.3, -0.25) is 9.78 Å². The normalized spacial score (nSPS) is 11.9. The van der Waals surface area contributed by atoms with Gasteiger partial charge in [-0.25, -0.2) is 8.78 Å². The van der Waals surface area contributed by atoms with Gasteiger partial charge in [0.25, 0.3) is 6.43 Å². The fraction of sp³-hybridized carbons (Fsp3) is 0.250. The average Bonchev–Trinajstić information content (AvgIpc) is 2.15. The van der Waals surface area contributed by atoms with Crippen LogP contribution in [0.4, 0.5) is 22.0 Å². The Morgan fingerprint density at radius 3 is 2.33 bits per heavy atom. The van der Waals surface area contributed by atoms with Gasteiger partial charge in [-0.05, 0) is 6.07 Å². The van der Waals surface area contributed by atoms with Crippen molar-refractivity contribution in [2.45, 2.75) is 12.6 Å². The Bertz CT molecular complexity index is 374. The van der Waals surface area contributed by atoms with Gasteiger partial charge in [0.15, 0.2) is 6.29 Å². The van der Waals surface area contributed by atoms with E-state index in [-0.39, 0.29) is 12.4 Å². The van der Waals surface area contributed by atoms with E-state index in [1.165, 1.54) is 0 Å². The fourth-order valence-corrected chi connectivity index (χ4v) is 0.941. The molecule has 15 heavy (non-hydrogen) atoms. The summed E-state index contributed by atoms with van der Waals surface area (Å²) in [5, 5.41) is 0. The van der Waals surface area contributed by atoms with Crippen LogP contribution in [0.2, 0.25) is 0 Å².